The van der Waals surface area contributed by atoms with Crippen LogP contribution in [0.15, 0.2) is 172 Å². The Hall–Kier alpha value is -6.59. The molecular formula is C44H28N4O. The third-order valence-electron chi connectivity index (χ3n) is 9.56. The van der Waals surface area contributed by atoms with Crippen molar-refractivity contribution < 1.29 is 4.42 Å². The number of hydrogen-bond donors (Lipinski definition) is 1. The second kappa shape index (κ2) is 11.0. The predicted octanol–water partition coefficient (Wildman–Crippen LogP) is 10.6. The summed E-state index contributed by atoms with van der Waals surface area (Å²) in [7, 11) is 0. The Morgan fingerprint density at radius 1 is 0.551 bits per heavy atom. The Labute approximate surface area is 281 Å². The van der Waals surface area contributed by atoms with Crippen molar-refractivity contribution in [1.29, 1.82) is 0 Å². The maximum absolute atomic E-state index is 6.76. The molecule has 0 saturated heterocycles. The molecule has 1 unspecified atom stereocenters. The normalized spacial score (nSPS) is 14.7. The van der Waals surface area contributed by atoms with E-state index < -0.39 is 0 Å². The number of amidine groups is 2. The number of fused-ring (bicyclic) bond motifs is 8. The van der Waals surface area contributed by atoms with Gasteiger partial charge in [0.25, 0.3) is 0 Å². The van der Waals surface area contributed by atoms with Crippen LogP contribution in [0.4, 0.5) is 0 Å². The summed E-state index contributed by atoms with van der Waals surface area (Å²) in [6, 6.07) is 52.8. The standard InChI is InChI=1S/C44H28N4O/c1-3-13-28(14-4-1)42-46-43(29-15-5-2-6-16-29)48-44(47-42)40-39-35-21-11-20-34(41(35)49-37(39)24-25-45-40)36-26-30-23-22-27-12-7-8-17-31(27)38(30)33-19-10-9-18-32(33)36/h1-26,42H,(H,46,47,48). The molecule has 3 heterocycles. The molecule has 0 radical (unpaired) electrons. The Bertz CT molecular complexity index is 2800. The number of nitrogens with one attached hydrogen (secondary N) is 1. The molecule has 9 aromatic rings. The van der Waals surface area contributed by atoms with Gasteiger partial charge in [0.1, 0.15) is 28.9 Å². The van der Waals surface area contributed by atoms with Gasteiger partial charge in [0.05, 0.1) is 5.39 Å². The molecule has 1 aliphatic heterocycles. The third-order valence-corrected chi connectivity index (χ3v) is 9.56. The van der Waals surface area contributed by atoms with E-state index in [0.717, 1.165) is 50.0 Å². The summed E-state index contributed by atoms with van der Waals surface area (Å²) >= 11 is 0. The molecule has 0 saturated carbocycles. The van der Waals surface area contributed by atoms with E-state index in [2.05, 4.69) is 115 Å². The van der Waals surface area contributed by atoms with Gasteiger partial charge in [-0.2, -0.15) is 0 Å². The van der Waals surface area contributed by atoms with Crippen LogP contribution in [0.1, 0.15) is 23.0 Å². The van der Waals surface area contributed by atoms with Gasteiger partial charge in [-0.3, -0.25) is 4.98 Å². The number of para-hydroxylation sites is 1. The summed E-state index contributed by atoms with van der Waals surface area (Å²) in [5, 5.41) is 12.8. The molecule has 49 heavy (non-hydrogen) atoms. The van der Waals surface area contributed by atoms with Gasteiger partial charge >= 0.3 is 0 Å². The van der Waals surface area contributed by atoms with Gasteiger partial charge in [-0.15, -0.1) is 0 Å². The lowest BCUT2D eigenvalue weighted by Crippen LogP contribution is -2.33. The topological polar surface area (TPSA) is 62.8 Å². The van der Waals surface area contributed by atoms with Gasteiger partial charge in [0.15, 0.2) is 5.84 Å². The smallest absolute Gasteiger partial charge is 0.178 e. The molecule has 1 aliphatic rings. The Morgan fingerprint density at radius 3 is 2.12 bits per heavy atom. The van der Waals surface area contributed by atoms with E-state index in [-0.39, 0.29) is 6.17 Å². The molecule has 0 amide bonds. The molecule has 5 nitrogen and oxygen atoms in total. The fourth-order valence-electron chi connectivity index (χ4n) is 7.33. The van der Waals surface area contributed by atoms with Crippen LogP contribution in [-0.2, 0) is 0 Å². The van der Waals surface area contributed by atoms with Crippen LogP contribution >= 0.6 is 0 Å². The third kappa shape index (κ3) is 4.44. The minimum absolute atomic E-state index is 0.324. The summed E-state index contributed by atoms with van der Waals surface area (Å²) < 4.78 is 6.76. The highest BCUT2D eigenvalue weighted by Crippen LogP contribution is 2.43. The summed E-state index contributed by atoms with van der Waals surface area (Å²) in [6.07, 6.45) is 1.46. The molecule has 0 spiro atoms. The molecule has 1 N–H and O–H groups in total. The number of pyridine rings is 1. The van der Waals surface area contributed by atoms with Crippen molar-refractivity contribution in [2.45, 2.75) is 6.17 Å². The van der Waals surface area contributed by atoms with Crippen LogP contribution in [0.2, 0.25) is 0 Å². The van der Waals surface area contributed by atoms with Crippen LogP contribution in [0, 0.1) is 0 Å². The molecule has 10 rings (SSSR count). The first kappa shape index (κ1) is 27.5. The number of nitrogens with zero attached hydrogens (tertiary/aromatic N) is 3. The number of benzene rings is 7. The molecule has 230 valence electrons. The van der Waals surface area contributed by atoms with Crippen LogP contribution in [0.25, 0.3) is 65.4 Å². The maximum Gasteiger partial charge on any atom is 0.178 e. The fourth-order valence-corrected chi connectivity index (χ4v) is 7.33. The second-order valence-electron chi connectivity index (χ2n) is 12.4. The van der Waals surface area contributed by atoms with Crippen molar-refractivity contribution in [3.05, 3.63) is 175 Å². The summed E-state index contributed by atoms with van der Waals surface area (Å²) in [5.74, 6) is 1.31. The number of aromatic nitrogens is 1. The highest BCUT2D eigenvalue weighted by Gasteiger charge is 2.25. The first-order chi connectivity index (χ1) is 24.3. The molecule has 0 aliphatic carbocycles. The first-order valence-corrected chi connectivity index (χ1v) is 16.5. The van der Waals surface area contributed by atoms with Gasteiger partial charge < -0.3 is 9.73 Å². The van der Waals surface area contributed by atoms with Gasteiger partial charge in [0, 0.05) is 22.7 Å². The van der Waals surface area contributed by atoms with E-state index in [9.17, 15) is 0 Å². The van der Waals surface area contributed by atoms with E-state index in [0.29, 0.717) is 11.5 Å². The van der Waals surface area contributed by atoms with Gasteiger partial charge in [0.2, 0.25) is 0 Å². The zero-order valence-electron chi connectivity index (χ0n) is 26.3. The van der Waals surface area contributed by atoms with E-state index in [1.165, 1.54) is 32.3 Å². The minimum Gasteiger partial charge on any atom is -0.455 e. The molecule has 0 bridgehead atoms. The predicted molar refractivity (Wildman–Crippen MR) is 201 cm³/mol. The van der Waals surface area contributed by atoms with Crippen molar-refractivity contribution in [2.24, 2.45) is 9.98 Å². The van der Waals surface area contributed by atoms with Crippen LogP contribution in [0.5, 0.6) is 0 Å². The van der Waals surface area contributed by atoms with Crippen molar-refractivity contribution in [2.75, 3.05) is 0 Å². The Kier molecular flexibility index (Phi) is 6.18. The lowest BCUT2D eigenvalue weighted by Gasteiger charge is -2.23. The van der Waals surface area contributed by atoms with Crippen LogP contribution in [0.3, 0.4) is 0 Å². The zero-order chi connectivity index (χ0) is 32.3. The highest BCUT2D eigenvalue weighted by atomic mass is 16.3. The van der Waals surface area contributed by atoms with E-state index in [4.69, 9.17) is 19.4 Å². The monoisotopic (exact) mass is 628 g/mol. The lowest BCUT2D eigenvalue weighted by molar-refractivity contribution is 0.668. The van der Waals surface area contributed by atoms with Crippen molar-refractivity contribution in [3.63, 3.8) is 0 Å². The van der Waals surface area contributed by atoms with Crippen molar-refractivity contribution >= 4 is 65.9 Å². The molecule has 0 fully saturated rings. The lowest BCUT2D eigenvalue weighted by atomic mass is 9.90. The Morgan fingerprint density at radius 2 is 1.27 bits per heavy atom. The number of aliphatic imine (C=N–C) groups is 2. The SMILES string of the molecule is c1ccc(C2=NC(c3nccc4oc5c(-c6cc7ccc8ccccc8c7c7ccccc67)cccc5c34)=NC(c3ccccc3)N2)cc1. The molecule has 5 heteroatoms. The van der Waals surface area contributed by atoms with Gasteiger partial charge in [-0.1, -0.05) is 140 Å². The second-order valence-corrected chi connectivity index (χ2v) is 12.4. The summed E-state index contributed by atoms with van der Waals surface area (Å²) in [6.45, 7) is 0. The number of hydrogen-bond acceptors (Lipinski definition) is 5. The molecule has 1 atom stereocenters. The largest absolute Gasteiger partial charge is 0.455 e. The van der Waals surface area contributed by atoms with E-state index in [1.807, 2.05) is 42.5 Å². The van der Waals surface area contributed by atoms with Crippen LogP contribution in [-0.4, -0.2) is 16.7 Å². The number of rotatable bonds is 4. The molecule has 7 aromatic carbocycles. The van der Waals surface area contributed by atoms with Crippen molar-refractivity contribution in [1.82, 2.24) is 10.3 Å². The van der Waals surface area contributed by atoms with Gasteiger partial charge in [-0.25, -0.2) is 9.98 Å². The average molecular weight is 629 g/mol. The summed E-state index contributed by atoms with van der Waals surface area (Å²) in [5.41, 5.74) is 6.46. The maximum atomic E-state index is 6.76. The fraction of sp³-hybridized carbons (Fsp3) is 0.0227. The van der Waals surface area contributed by atoms with E-state index in [1.54, 1.807) is 6.20 Å². The zero-order valence-corrected chi connectivity index (χ0v) is 26.3. The van der Waals surface area contributed by atoms with Crippen LogP contribution < -0.4 is 5.32 Å². The Balaban J connectivity index is 1.21. The minimum atomic E-state index is -0.324. The highest BCUT2D eigenvalue weighted by molar-refractivity contribution is 6.26. The van der Waals surface area contributed by atoms with Crippen molar-refractivity contribution in [3.8, 4) is 11.1 Å². The first-order valence-electron chi connectivity index (χ1n) is 16.5. The average Bonchev–Trinajstić information content (AvgIpc) is 3.57. The van der Waals surface area contributed by atoms with E-state index >= 15 is 0 Å². The number of furan rings is 1. The quantitative estimate of drug-likeness (QED) is 0.197. The summed E-state index contributed by atoms with van der Waals surface area (Å²) in [4.78, 5) is 15.1. The molecular weight excluding hydrogens is 601 g/mol. The van der Waals surface area contributed by atoms with Gasteiger partial charge in [-0.05, 0) is 55.6 Å². The molecule has 2 aromatic heterocycles.